The van der Waals surface area contributed by atoms with E-state index in [1.165, 1.54) is 0 Å². The number of rotatable bonds is 2. The van der Waals surface area contributed by atoms with Gasteiger partial charge in [0.2, 0.25) is 0 Å². The number of hydrogen-bond acceptors (Lipinski definition) is 6. The Morgan fingerprint density at radius 1 is 0.690 bits per heavy atom. The van der Waals surface area contributed by atoms with Gasteiger partial charge < -0.3 is 18.7 Å². The lowest BCUT2D eigenvalue weighted by atomic mass is 10.4. The Kier molecular flexibility index (Phi) is 44.6. The number of aliphatic hydroxyl groups is 1. The Bertz CT molecular complexity index is 436. The van der Waals surface area contributed by atoms with Gasteiger partial charge in [-0.25, -0.2) is 9.97 Å². The zero-order valence-electron chi connectivity index (χ0n) is 20.0. The first kappa shape index (κ1) is 41.7. The number of oxazole rings is 2. The van der Waals surface area contributed by atoms with E-state index in [0.29, 0.717) is 0 Å². The maximum atomic E-state index is 7.00. The maximum absolute atomic E-state index is 7.00. The summed E-state index contributed by atoms with van der Waals surface area (Å²) in [6.07, 6.45) is 1.77. The monoisotopic (exact) mass is 420 g/mol. The third kappa shape index (κ3) is 22.5. The Balaban J connectivity index is -0.0000000626. The summed E-state index contributed by atoms with van der Waals surface area (Å²) >= 11 is 0. The molecule has 2 aromatic rings. The highest BCUT2D eigenvalue weighted by molar-refractivity contribution is 5.05. The number of methoxy groups -OCH3 is 1. The lowest BCUT2D eigenvalue weighted by Gasteiger charge is -1.80. The molecule has 0 aliphatic carbocycles. The highest BCUT2D eigenvalue weighted by Gasteiger charge is 2.01. The van der Waals surface area contributed by atoms with Crippen molar-refractivity contribution in [3.05, 3.63) is 34.7 Å². The minimum Gasteiger partial charge on any atom is -0.446 e. The van der Waals surface area contributed by atoms with Crippen LogP contribution < -0.4 is 0 Å². The molecule has 0 atom stereocenters. The van der Waals surface area contributed by atoms with Gasteiger partial charge in [-0.3, -0.25) is 0 Å². The number of aromatic nitrogens is 2. The van der Waals surface area contributed by atoms with E-state index in [-0.39, 0.29) is 14.9 Å². The molecule has 0 bridgehead atoms. The van der Waals surface area contributed by atoms with Crippen LogP contribution in [-0.4, -0.2) is 36.4 Å². The van der Waals surface area contributed by atoms with Gasteiger partial charge in [-0.2, -0.15) is 0 Å². The van der Waals surface area contributed by atoms with Crippen molar-refractivity contribution in [2.75, 3.05) is 21.3 Å². The van der Waals surface area contributed by atoms with Crippen LogP contribution in [0.25, 0.3) is 0 Å². The van der Waals surface area contributed by atoms with E-state index in [2.05, 4.69) is 14.7 Å². The molecule has 0 spiro atoms. The van der Waals surface area contributed by atoms with Crippen LogP contribution in [0, 0.1) is 27.7 Å². The SMILES string of the molecule is C.C.CC.CC.CCc1nc(C)c(C)o1.CCc1nc(C)c(C)o1.CO.COC. The standard InChI is InChI=1S/2C7H11NO.C2H6O.2C2H6.CH4O.2CH4/c2*1-4-7-8-5(2)6(3)9-7;1-3-2;3*1-2;;/h2*4H2,1-3H3;1-2H3;2*1-2H3;2H,1H3;2*1H4. The molecule has 0 amide bonds. The van der Waals surface area contributed by atoms with Crippen LogP contribution in [0.3, 0.4) is 0 Å². The third-order valence-corrected chi connectivity index (χ3v) is 2.75. The van der Waals surface area contributed by atoms with Gasteiger partial charge in [0.05, 0.1) is 11.4 Å². The summed E-state index contributed by atoms with van der Waals surface area (Å²) in [7, 11) is 4.25. The lowest BCUT2D eigenvalue weighted by Crippen LogP contribution is -1.77. The molecule has 6 heteroatoms. The first-order valence-corrected chi connectivity index (χ1v) is 9.60. The average Bonchev–Trinajstić information content (AvgIpc) is 3.22. The van der Waals surface area contributed by atoms with E-state index in [0.717, 1.165) is 54.6 Å². The second-order valence-corrected chi connectivity index (χ2v) is 4.61. The van der Waals surface area contributed by atoms with E-state index in [1.807, 2.05) is 69.2 Å². The zero-order chi connectivity index (χ0) is 22.4. The normalized spacial score (nSPS) is 7.52. The summed E-state index contributed by atoms with van der Waals surface area (Å²) in [6.45, 7) is 19.8. The first-order valence-electron chi connectivity index (χ1n) is 9.60. The Hall–Kier alpha value is -1.66. The van der Waals surface area contributed by atoms with Crippen LogP contribution in [0.2, 0.25) is 0 Å². The fourth-order valence-electron chi connectivity index (χ4n) is 1.38. The molecule has 0 unspecified atom stereocenters. The van der Waals surface area contributed by atoms with Crippen LogP contribution in [0.5, 0.6) is 0 Å². The van der Waals surface area contributed by atoms with Crippen LogP contribution in [0.1, 0.15) is 91.1 Å². The molecule has 178 valence electrons. The highest BCUT2D eigenvalue weighted by atomic mass is 16.4. The van der Waals surface area contributed by atoms with Gasteiger partial charge in [-0.05, 0) is 27.7 Å². The quantitative estimate of drug-likeness (QED) is 0.569. The smallest absolute Gasteiger partial charge is 0.194 e. The van der Waals surface area contributed by atoms with Crippen molar-refractivity contribution in [1.29, 1.82) is 0 Å². The summed E-state index contributed by atoms with van der Waals surface area (Å²) in [5, 5.41) is 7.00. The van der Waals surface area contributed by atoms with Crippen molar-refractivity contribution >= 4 is 0 Å². The summed E-state index contributed by atoms with van der Waals surface area (Å²) in [5.41, 5.74) is 2.01. The van der Waals surface area contributed by atoms with Crippen LogP contribution in [0.15, 0.2) is 8.83 Å². The van der Waals surface area contributed by atoms with Crippen LogP contribution in [-0.2, 0) is 17.6 Å². The molecule has 0 saturated carbocycles. The van der Waals surface area contributed by atoms with Gasteiger partial charge in [-0.1, -0.05) is 56.4 Å². The van der Waals surface area contributed by atoms with E-state index < -0.39 is 0 Å². The molecule has 0 saturated heterocycles. The van der Waals surface area contributed by atoms with Gasteiger partial charge >= 0.3 is 0 Å². The van der Waals surface area contributed by atoms with Gasteiger partial charge in [-0.15, -0.1) is 0 Å². The third-order valence-electron chi connectivity index (χ3n) is 2.75. The molecule has 0 fully saturated rings. The van der Waals surface area contributed by atoms with Crippen LogP contribution >= 0.6 is 0 Å². The largest absolute Gasteiger partial charge is 0.446 e. The average molecular weight is 421 g/mol. The summed E-state index contributed by atoms with van der Waals surface area (Å²) in [4.78, 5) is 8.32. The lowest BCUT2D eigenvalue weighted by molar-refractivity contribution is 0.277. The molecule has 2 aromatic heterocycles. The van der Waals surface area contributed by atoms with Crippen molar-refractivity contribution < 1.29 is 18.7 Å². The van der Waals surface area contributed by atoms with Crippen molar-refractivity contribution in [1.82, 2.24) is 9.97 Å². The van der Waals surface area contributed by atoms with Crippen LogP contribution in [0.4, 0.5) is 0 Å². The fraction of sp³-hybridized carbons (Fsp3) is 0.739. The molecule has 2 heterocycles. The molecule has 0 aliphatic heterocycles. The van der Waals surface area contributed by atoms with Crippen molar-refractivity contribution in [2.45, 2.75) is 96.9 Å². The van der Waals surface area contributed by atoms with E-state index in [1.54, 1.807) is 14.2 Å². The van der Waals surface area contributed by atoms with Gasteiger partial charge in [0.25, 0.3) is 0 Å². The second kappa shape index (κ2) is 31.0. The molecule has 0 radical (unpaired) electrons. The highest BCUT2D eigenvalue weighted by Crippen LogP contribution is 2.08. The number of aliphatic hydroxyl groups excluding tert-OH is 1. The summed E-state index contributed by atoms with van der Waals surface area (Å²) in [5.74, 6) is 3.55. The molecule has 29 heavy (non-hydrogen) atoms. The Morgan fingerprint density at radius 3 is 0.966 bits per heavy atom. The predicted octanol–water partition coefficient (Wildman–Crippen LogP) is 6.90. The molecule has 1 N–H and O–H groups in total. The van der Waals surface area contributed by atoms with Gasteiger partial charge in [0.1, 0.15) is 11.5 Å². The molecule has 6 nitrogen and oxygen atoms in total. The number of ether oxygens (including phenoxy) is 1. The first-order chi connectivity index (χ1) is 12.9. The maximum Gasteiger partial charge on any atom is 0.194 e. The Labute approximate surface area is 182 Å². The van der Waals surface area contributed by atoms with E-state index in [9.17, 15) is 0 Å². The topological polar surface area (TPSA) is 81.5 Å². The fourth-order valence-corrected chi connectivity index (χ4v) is 1.38. The molecule has 0 aliphatic rings. The predicted molar refractivity (Wildman–Crippen MR) is 128 cm³/mol. The molecule has 0 aromatic carbocycles. The minimum absolute atomic E-state index is 0. The van der Waals surface area contributed by atoms with Crippen molar-refractivity contribution in [2.24, 2.45) is 0 Å². The van der Waals surface area contributed by atoms with E-state index >= 15 is 0 Å². The summed E-state index contributed by atoms with van der Waals surface area (Å²) in [6, 6.07) is 0. The molecular formula is C23H52N2O4. The number of aryl methyl sites for hydroxylation is 6. The van der Waals surface area contributed by atoms with Crippen molar-refractivity contribution in [3.63, 3.8) is 0 Å². The van der Waals surface area contributed by atoms with Crippen molar-refractivity contribution in [3.8, 4) is 0 Å². The second-order valence-electron chi connectivity index (χ2n) is 4.61. The molecule has 2 rings (SSSR count). The minimum atomic E-state index is 0. The summed E-state index contributed by atoms with van der Waals surface area (Å²) < 4.78 is 14.8. The Morgan fingerprint density at radius 2 is 0.897 bits per heavy atom. The number of nitrogens with zero attached hydrogens (tertiary/aromatic N) is 2. The van der Waals surface area contributed by atoms with Gasteiger partial charge in [0, 0.05) is 34.2 Å². The zero-order valence-corrected chi connectivity index (χ0v) is 20.0. The van der Waals surface area contributed by atoms with E-state index in [4.69, 9.17) is 13.9 Å². The number of hydrogen-bond donors (Lipinski definition) is 1. The molecular weight excluding hydrogens is 368 g/mol. The van der Waals surface area contributed by atoms with Gasteiger partial charge in [0.15, 0.2) is 11.8 Å².